The Morgan fingerprint density at radius 2 is 1.80 bits per heavy atom. The quantitative estimate of drug-likeness (QED) is 0.414. The van der Waals surface area contributed by atoms with E-state index in [-0.39, 0.29) is 19.1 Å². The Balaban J connectivity index is 1.70. The first-order chi connectivity index (χ1) is 16.5. The van der Waals surface area contributed by atoms with Crippen LogP contribution in [-0.2, 0) is 24.3 Å². The molecule has 1 atom stereocenters. The third-order valence-corrected chi connectivity index (χ3v) is 5.96. The standard InChI is InChI=1S/C22H26ClN5O6S/c1-14-11-17(7-8-19(14)28-9-10-34-13-20(28)29)25-21(30)18(12-24-35(2,32)33)27-22(31)26-16-5-3-15(23)4-6-16/h3-8,11,18,24H,9-10,12-13H2,1-2H3,(H,25,30)(H2,26,27,31)/t18-/m1/s1. The molecule has 0 saturated carbocycles. The van der Waals surface area contributed by atoms with Gasteiger partial charge in [0, 0.05) is 35.2 Å². The summed E-state index contributed by atoms with van der Waals surface area (Å²) in [5.74, 6) is -0.791. The van der Waals surface area contributed by atoms with Gasteiger partial charge in [0.2, 0.25) is 15.9 Å². The number of sulfonamides is 1. The number of carbonyl (C=O) groups is 3. The normalized spacial score (nSPS) is 14.8. The van der Waals surface area contributed by atoms with Gasteiger partial charge < -0.3 is 25.6 Å². The van der Waals surface area contributed by atoms with Crippen molar-refractivity contribution < 1.29 is 27.5 Å². The molecule has 0 bridgehead atoms. The van der Waals surface area contributed by atoms with E-state index in [1.807, 2.05) is 0 Å². The van der Waals surface area contributed by atoms with E-state index in [9.17, 15) is 22.8 Å². The lowest BCUT2D eigenvalue weighted by molar-refractivity contribution is -0.125. The summed E-state index contributed by atoms with van der Waals surface area (Å²) in [6, 6.07) is 9.41. The smallest absolute Gasteiger partial charge is 0.319 e. The van der Waals surface area contributed by atoms with Gasteiger partial charge in [0.05, 0.1) is 12.9 Å². The summed E-state index contributed by atoms with van der Waals surface area (Å²) in [7, 11) is -3.62. The minimum absolute atomic E-state index is 0.0106. The van der Waals surface area contributed by atoms with Crippen molar-refractivity contribution in [3.8, 4) is 0 Å². The number of aryl methyl sites for hydroxylation is 1. The van der Waals surface area contributed by atoms with E-state index in [4.69, 9.17) is 16.3 Å². The number of urea groups is 1. The molecule has 11 nitrogen and oxygen atoms in total. The van der Waals surface area contributed by atoms with Crippen LogP contribution < -0.4 is 25.6 Å². The van der Waals surface area contributed by atoms with Gasteiger partial charge in [-0.3, -0.25) is 9.59 Å². The van der Waals surface area contributed by atoms with Gasteiger partial charge in [0.15, 0.2) is 0 Å². The van der Waals surface area contributed by atoms with Crippen molar-refractivity contribution in [2.45, 2.75) is 13.0 Å². The lowest BCUT2D eigenvalue weighted by Gasteiger charge is -2.28. The molecule has 1 aliphatic heterocycles. The van der Waals surface area contributed by atoms with E-state index in [2.05, 4.69) is 20.7 Å². The van der Waals surface area contributed by atoms with Crippen molar-refractivity contribution in [1.82, 2.24) is 10.0 Å². The fourth-order valence-electron chi connectivity index (χ4n) is 3.34. The summed E-state index contributed by atoms with van der Waals surface area (Å²) in [6.07, 6.45) is 0.949. The Morgan fingerprint density at radius 1 is 1.11 bits per heavy atom. The second kappa shape index (κ2) is 11.5. The van der Waals surface area contributed by atoms with Gasteiger partial charge in [-0.1, -0.05) is 11.6 Å². The van der Waals surface area contributed by atoms with Crippen LogP contribution in [0.15, 0.2) is 42.5 Å². The fraction of sp³-hybridized carbons (Fsp3) is 0.318. The van der Waals surface area contributed by atoms with Crippen LogP contribution in [0.25, 0.3) is 0 Å². The molecule has 2 aromatic carbocycles. The Hall–Kier alpha value is -3.19. The molecule has 4 N–H and O–H groups in total. The highest BCUT2D eigenvalue weighted by Gasteiger charge is 2.24. The van der Waals surface area contributed by atoms with Gasteiger partial charge in [0.25, 0.3) is 5.91 Å². The number of morpholine rings is 1. The molecule has 4 amide bonds. The summed E-state index contributed by atoms with van der Waals surface area (Å²) in [4.78, 5) is 39.1. The number of rotatable bonds is 8. The minimum atomic E-state index is -3.62. The molecule has 13 heteroatoms. The van der Waals surface area contributed by atoms with Crippen LogP contribution in [0.5, 0.6) is 0 Å². The number of ether oxygens (including phenoxy) is 1. The monoisotopic (exact) mass is 523 g/mol. The van der Waals surface area contributed by atoms with Crippen LogP contribution in [-0.4, -0.2) is 64.9 Å². The number of amides is 4. The van der Waals surface area contributed by atoms with E-state index >= 15 is 0 Å². The maximum atomic E-state index is 12.9. The van der Waals surface area contributed by atoms with Gasteiger partial charge >= 0.3 is 6.03 Å². The summed E-state index contributed by atoms with van der Waals surface area (Å²) in [5.41, 5.74) is 2.30. The van der Waals surface area contributed by atoms with Gasteiger partial charge in [-0.25, -0.2) is 17.9 Å². The zero-order valence-electron chi connectivity index (χ0n) is 19.1. The highest BCUT2D eigenvalue weighted by molar-refractivity contribution is 7.88. The molecule has 1 fully saturated rings. The van der Waals surface area contributed by atoms with Crippen LogP contribution >= 0.6 is 11.6 Å². The first-order valence-corrected chi connectivity index (χ1v) is 12.9. The minimum Gasteiger partial charge on any atom is -0.370 e. The molecule has 35 heavy (non-hydrogen) atoms. The third-order valence-electron chi connectivity index (χ3n) is 5.01. The number of hydrogen-bond acceptors (Lipinski definition) is 6. The van der Waals surface area contributed by atoms with Gasteiger partial charge in [-0.15, -0.1) is 0 Å². The lowest BCUT2D eigenvalue weighted by atomic mass is 10.1. The average Bonchev–Trinajstić information content (AvgIpc) is 2.78. The first kappa shape index (κ1) is 26.4. The van der Waals surface area contributed by atoms with E-state index in [0.29, 0.717) is 35.2 Å². The molecule has 0 aromatic heterocycles. The second-order valence-electron chi connectivity index (χ2n) is 7.87. The highest BCUT2D eigenvalue weighted by Crippen LogP contribution is 2.25. The Labute approximate surface area is 208 Å². The largest absolute Gasteiger partial charge is 0.370 e. The maximum Gasteiger partial charge on any atom is 0.319 e. The van der Waals surface area contributed by atoms with Crippen LogP contribution in [0.1, 0.15) is 5.56 Å². The Morgan fingerprint density at radius 3 is 2.43 bits per heavy atom. The zero-order chi connectivity index (χ0) is 25.6. The molecule has 2 aromatic rings. The van der Waals surface area contributed by atoms with E-state index in [1.54, 1.807) is 54.3 Å². The maximum absolute atomic E-state index is 12.9. The van der Waals surface area contributed by atoms with Gasteiger partial charge in [0.1, 0.15) is 12.6 Å². The molecule has 1 heterocycles. The first-order valence-electron chi connectivity index (χ1n) is 10.6. The molecular weight excluding hydrogens is 498 g/mol. The predicted molar refractivity (Wildman–Crippen MR) is 133 cm³/mol. The van der Waals surface area contributed by atoms with Crippen LogP contribution in [0, 0.1) is 6.92 Å². The number of benzene rings is 2. The number of halogens is 1. The van der Waals surface area contributed by atoms with Crippen molar-refractivity contribution in [2.75, 3.05) is 48.1 Å². The van der Waals surface area contributed by atoms with Crippen LogP contribution in [0.2, 0.25) is 5.02 Å². The molecule has 0 radical (unpaired) electrons. The lowest BCUT2D eigenvalue weighted by Crippen LogP contribution is -2.51. The molecule has 0 aliphatic carbocycles. The topological polar surface area (TPSA) is 146 Å². The fourth-order valence-corrected chi connectivity index (χ4v) is 3.94. The second-order valence-corrected chi connectivity index (χ2v) is 10.1. The summed E-state index contributed by atoms with van der Waals surface area (Å²) >= 11 is 5.84. The Bertz CT molecular complexity index is 1210. The van der Waals surface area contributed by atoms with Crippen LogP contribution in [0.3, 0.4) is 0 Å². The summed E-state index contributed by atoms with van der Waals surface area (Å²) in [5, 5.41) is 8.19. The van der Waals surface area contributed by atoms with E-state index in [1.165, 1.54) is 0 Å². The van der Waals surface area contributed by atoms with Gasteiger partial charge in [-0.2, -0.15) is 0 Å². The van der Waals surface area contributed by atoms with Crippen molar-refractivity contribution in [3.63, 3.8) is 0 Å². The molecule has 0 unspecified atom stereocenters. The van der Waals surface area contributed by atoms with E-state index in [0.717, 1.165) is 11.8 Å². The van der Waals surface area contributed by atoms with Gasteiger partial charge in [-0.05, 0) is 55.0 Å². The summed E-state index contributed by atoms with van der Waals surface area (Å²) in [6.45, 7) is 2.31. The van der Waals surface area contributed by atoms with E-state index < -0.39 is 28.0 Å². The van der Waals surface area contributed by atoms with Crippen molar-refractivity contribution >= 4 is 56.5 Å². The number of anilines is 3. The van der Waals surface area contributed by atoms with Crippen LogP contribution in [0.4, 0.5) is 21.9 Å². The molecule has 1 saturated heterocycles. The number of hydrogen-bond donors (Lipinski definition) is 4. The average molecular weight is 524 g/mol. The molecular formula is C22H26ClN5O6S. The SMILES string of the molecule is Cc1cc(NC(=O)[C@@H](CNS(C)(=O)=O)NC(=O)Nc2ccc(Cl)cc2)ccc1N1CCOCC1=O. The summed E-state index contributed by atoms with van der Waals surface area (Å²) < 4.78 is 30.5. The van der Waals surface area contributed by atoms with Crippen molar-refractivity contribution in [2.24, 2.45) is 0 Å². The number of nitrogens with zero attached hydrogens (tertiary/aromatic N) is 1. The van der Waals surface area contributed by atoms with Crippen molar-refractivity contribution in [3.05, 3.63) is 53.1 Å². The molecule has 188 valence electrons. The third kappa shape index (κ3) is 7.92. The molecule has 3 rings (SSSR count). The molecule has 0 spiro atoms. The number of nitrogens with one attached hydrogen (secondary N) is 4. The van der Waals surface area contributed by atoms with Crippen molar-refractivity contribution in [1.29, 1.82) is 0 Å². The highest BCUT2D eigenvalue weighted by atomic mass is 35.5. The zero-order valence-corrected chi connectivity index (χ0v) is 20.7. The number of carbonyl (C=O) groups excluding carboxylic acids is 3. The Kier molecular flexibility index (Phi) is 8.67. The molecule has 1 aliphatic rings. The predicted octanol–water partition coefficient (Wildman–Crippen LogP) is 1.69.